The van der Waals surface area contributed by atoms with Crippen LogP contribution in [0.2, 0.25) is 0 Å². The van der Waals surface area contributed by atoms with E-state index < -0.39 is 52.0 Å². The van der Waals surface area contributed by atoms with Crippen LogP contribution in [-0.4, -0.2) is 10.7 Å². The third-order valence-electron chi connectivity index (χ3n) is 4.73. The molecule has 0 N–H and O–H groups in total. The lowest BCUT2D eigenvalue weighted by molar-refractivity contribution is -0.384. The number of ketones is 1. The van der Waals surface area contributed by atoms with Crippen LogP contribution in [0, 0.1) is 39.2 Å². The van der Waals surface area contributed by atoms with Gasteiger partial charge in [-0.3, -0.25) is 14.9 Å². The van der Waals surface area contributed by atoms with Crippen molar-refractivity contribution in [2.75, 3.05) is 0 Å². The van der Waals surface area contributed by atoms with Crippen LogP contribution in [0.15, 0.2) is 48.2 Å². The maximum atomic E-state index is 13.8. The second kappa shape index (κ2) is 8.34. The monoisotopic (exact) mass is 463 g/mol. The quantitative estimate of drug-likeness (QED) is 0.125. The van der Waals surface area contributed by atoms with E-state index >= 15 is 0 Å². The fraction of sp³-hybridized carbons (Fsp3) is 0.0455. The molecule has 4 rings (SSSR count). The molecule has 0 aliphatic carbocycles. The third-order valence-corrected chi connectivity index (χ3v) is 4.73. The summed E-state index contributed by atoms with van der Waals surface area (Å²) < 4.78 is 78.0. The summed E-state index contributed by atoms with van der Waals surface area (Å²) >= 11 is 0. The molecule has 0 aromatic heterocycles. The van der Waals surface area contributed by atoms with Crippen molar-refractivity contribution in [3.05, 3.63) is 104 Å². The van der Waals surface area contributed by atoms with Gasteiger partial charge in [0, 0.05) is 18.2 Å². The lowest BCUT2D eigenvalue weighted by atomic mass is 10.1. The van der Waals surface area contributed by atoms with Crippen molar-refractivity contribution in [1.82, 2.24) is 0 Å². The molecule has 11 heteroatoms. The summed E-state index contributed by atoms with van der Waals surface area (Å²) in [4.78, 5) is 22.7. The molecule has 1 aliphatic rings. The number of allylic oxidation sites excluding steroid dienone is 1. The van der Waals surface area contributed by atoms with E-state index in [0.29, 0.717) is 5.56 Å². The molecule has 0 bridgehead atoms. The van der Waals surface area contributed by atoms with Crippen LogP contribution in [0.1, 0.15) is 21.5 Å². The number of carbonyl (C=O) groups is 1. The van der Waals surface area contributed by atoms with Gasteiger partial charge in [0.25, 0.3) is 5.69 Å². The Morgan fingerprint density at radius 3 is 2.12 bits per heavy atom. The standard InChI is InChI=1S/C22H10F5NO5/c23-17-14(18(24)20(26)21(27)19(17)25)9-32-12-5-6-13-15(8-12)33-16(22(13)29)7-10-1-3-11(4-2-10)28(30)31/h1-8H,9H2/b16-7-. The summed E-state index contributed by atoms with van der Waals surface area (Å²) in [6, 6.07) is 9.14. The number of hydrogen-bond acceptors (Lipinski definition) is 5. The fourth-order valence-corrected chi connectivity index (χ4v) is 3.03. The minimum Gasteiger partial charge on any atom is -0.489 e. The largest absolute Gasteiger partial charge is 0.489 e. The number of carbonyl (C=O) groups excluding carboxylic acids is 1. The van der Waals surface area contributed by atoms with Gasteiger partial charge in [-0.2, -0.15) is 0 Å². The van der Waals surface area contributed by atoms with Crippen molar-refractivity contribution in [2.24, 2.45) is 0 Å². The molecule has 0 fully saturated rings. The molecule has 6 nitrogen and oxygen atoms in total. The van der Waals surface area contributed by atoms with E-state index in [1.165, 1.54) is 48.5 Å². The molecule has 168 valence electrons. The number of non-ortho nitro benzene ring substituents is 1. The molecule has 1 aliphatic heterocycles. The Kier molecular flexibility index (Phi) is 5.54. The normalized spacial score (nSPS) is 13.7. The molecule has 0 spiro atoms. The second-order valence-corrected chi connectivity index (χ2v) is 6.78. The number of nitro groups is 1. The molecule has 0 saturated carbocycles. The van der Waals surface area contributed by atoms with Gasteiger partial charge in [0.1, 0.15) is 18.1 Å². The number of ether oxygens (including phenoxy) is 2. The minimum absolute atomic E-state index is 0.0445. The van der Waals surface area contributed by atoms with Crippen LogP contribution >= 0.6 is 0 Å². The van der Waals surface area contributed by atoms with Crippen LogP contribution < -0.4 is 9.47 Å². The summed E-state index contributed by atoms with van der Waals surface area (Å²) in [5.74, 6) is -11.0. The predicted octanol–water partition coefficient (Wildman–Crippen LogP) is 5.49. The first-order valence-electron chi connectivity index (χ1n) is 9.13. The summed E-state index contributed by atoms with van der Waals surface area (Å²) in [5, 5.41) is 10.7. The molecule has 0 atom stereocenters. The van der Waals surface area contributed by atoms with Gasteiger partial charge in [-0.15, -0.1) is 0 Å². The van der Waals surface area contributed by atoms with E-state index in [9.17, 15) is 36.9 Å². The highest BCUT2D eigenvalue weighted by molar-refractivity contribution is 6.14. The average molecular weight is 463 g/mol. The van der Waals surface area contributed by atoms with Crippen molar-refractivity contribution in [3.63, 3.8) is 0 Å². The molecule has 0 unspecified atom stereocenters. The van der Waals surface area contributed by atoms with E-state index in [4.69, 9.17) is 9.47 Å². The predicted molar refractivity (Wildman–Crippen MR) is 103 cm³/mol. The molecule has 0 radical (unpaired) electrons. The Morgan fingerprint density at radius 2 is 1.52 bits per heavy atom. The summed E-state index contributed by atoms with van der Waals surface area (Å²) in [6.07, 6.45) is 1.36. The van der Waals surface area contributed by atoms with Crippen LogP contribution in [0.3, 0.4) is 0 Å². The Morgan fingerprint density at radius 1 is 0.909 bits per heavy atom. The lowest BCUT2D eigenvalue weighted by Gasteiger charge is -2.10. The van der Waals surface area contributed by atoms with Crippen LogP contribution in [0.4, 0.5) is 27.6 Å². The van der Waals surface area contributed by atoms with E-state index in [0.717, 1.165) is 0 Å². The second-order valence-electron chi connectivity index (χ2n) is 6.78. The number of hydrogen-bond donors (Lipinski definition) is 0. The SMILES string of the molecule is O=C1/C(=C/c2ccc([N+](=O)[O-])cc2)Oc2cc(OCc3c(F)c(F)c(F)c(F)c3F)ccc21. The Hall–Kier alpha value is -4.28. The van der Waals surface area contributed by atoms with E-state index in [-0.39, 0.29) is 28.5 Å². The van der Waals surface area contributed by atoms with Gasteiger partial charge in [0.05, 0.1) is 16.1 Å². The van der Waals surface area contributed by atoms with Crippen molar-refractivity contribution >= 4 is 17.5 Å². The molecule has 0 amide bonds. The fourth-order valence-electron chi connectivity index (χ4n) is 3.03. The topological polar surface area (TPSA) is 78.7 Å². The van der Waals surface area contributed by atoms with Gasteiger partial charge in [-0.1, -0.05) is 0 Å². The summed E-state index contributed by atoms with van der Waals surface area (Å²) in [5.41, 5.74) is -0.677. The number of rotatable bonds is 5. The lowest BCUT2D eigenvalue weighted by Crippen LogP contribution is -2.09. The van der Waals surface area contributed by atoms with E-state index in [2.05, 4.69) is 0 Å². The summed E-state index contributed by atoms with van der Waals surface area (Å²) in [7, 11) is 0. The first-order chi connectivity index (χ1) is 15.7. The van der Waals surface area contributed by atoms with Crippen LogP contribution in [0.5, 0.6) is 11.5 Å². The third kappa shape index (κ3) is 4.00. The van der Waals surface area contributed by atoms with Crippen molar-refractivity contribution in [3.8, 4) is 11.5 Å². The zero-order chi connectivity index (χ0) is 23.9. The molecular weight excluding hydrogens is 453 g/mol. The molecule has 3 aromatic rings. The number of benzene rings is 3. The van der Waals surface area contributed by atoms with Gasteiger partial charge in [-0.25, -0.2) is 22.0 Å². The van der Waals surface area contributed by atoms with Crippen molar-refractivity contribution in [1.29, 1.82) is 0 Å². The van der Waals surface area contributed by atoms with Gasteiger partial charge in [0.2, 0.25) is 11.6 Å². The van der Waals surface area contributed by atoms with E-state index in [1.807, 2.05) is 0 Å². The summed E-state index contributed by atoms with van der Waals surface area (Å²) in [6.45, 7) is -0.968. The van der Waals surface area contributed by atoms with Gasteiger partial charge >= 0.3 is 0 Å². The molecule has 1 heterocycles. The van der Waals surface area contributed by atoms with Gasteiger partial charge in [-0.05, 0) is 35.9 Å². The number of Topliss-reactive ketones (excluding diaryl/α,β-unsaturated/α-hetero) is 1. The van der Waals surface area contributed by atoms with Gasteiger partial charge < -0.3 is 9.47 Å². The number of nitrogens with zero attached hydrogens (tertiary/aromatic N) is 1. The number of halogens is 5. The van der Waals surface area contributed by atoms with E-state index in [1.54, 1.807) is 0 Å². The Bertz CT molecular complexity index is 1310. The smallest absolute Gasteiger partial charge is 0.269 e. The van der Waals surface area contributed by atoms with Crippen molar-refractivity contribution in [2.45, 2.75) is 6.61 Å². The maximum absolute atomic E-state index is 13.8. The number of nitro benzene ring substituents is 1. The number of fused-ring (bicyclic) bond motifs is 1. The minimum atomic E-state index is -2.27. The molecule has 0 saturated heterocycles. The maximum Gasteiger partial charge on any atom is 0.269 e. The molecule has 33 heavy (non-hydrogen) atoms. The first-order valence-corrected chi connectivity index (χ1v) is 9.13. The Balaban J connectivity index is 1.54. The average Bonchev–Trinajstić information content (AvgIpc) is 3.11. The molecule has 3 aromatic carbocycles. The zero-order valence-corrected chi connectivity index (χ0v) is 16.2. The zero-order valence-electron chi connectivity index (χ0n) is 16.2. The van der Waals surface area contributed by atoms with Crippen LogP contribution in [0.25, 0.3) is 6.08 Å². The van der Waals surface area contributed by atoms with Crippen LogP contribution in [-0.2, 0) is 6.61 Å². The van der Waals surface area contributed by atoms with Crippen molar-refractivity contribution < 1.29 is 41.1 Å². The Labute approximate surface area is 181 Å². The first kappa shape index (κ1) is 21.9. The highest BCUT2D eigenvalue weighted by Gasteiger charge is 2.29. The van der Waals surface area contributed by atoms with Gasteiger partial charge in [0.15, 0.2) is 29.0 Å². The highest BCUT2D eigenvalue weighted by atomic mass is 19.2. The highest BCUT2D eigenvalue weighted by Crippen LogP contribution is 2.35. The molecular formula is C22H10F5NO5.